The predicted octanol–water partition coefficient (Wildman–Crippen LogP) is 3.08. The number of fused-ring (bicyclic) bond motifs is 3. The summed E-state index contributed by atoms with van der Waals surface area (Å²) >= 11 is 0. The van der Waals surface area contributed by atoms with Crippen molar-refractivity contribution < 1.29 is 32.9 Å². The minimum atomic E-state index is -0.970. The van der Waals surface area contributed by atoms with Crippen LogP contribution in [0, 0.1) is 0 Å². The van der Waals surface area contributed by atoms with Crippen LogP contribution in [0.15, 0.2) is 57.1 Å². The average Bonchev–Trinajstić information content (AvgIpc) is 2.82. The molecule has 33 heavy (non-hydrogen) atoms. The van der Waals surface area contributed by atoms with Crippen molar-refractivity contribution in [1.82, 2.24) is 0 Å². The Labute approximate surface area is 189 Å². The second kappa shape index (κ2) is 8.78. The van der Waals surface area contributed by atoms with Crippen LogP contribution in [0.25, 0.3) is 11.0 Å². The SMILES string of the molecule is CCOC(=O)C1=C(N)Oc2c(c(=O)oc3ccccc23)C1c1cc(OC)c(OC)c(OC)c1. The molecule has 2 heterocycles. The van der Waals surface area contributed by atoms with E-state index in [1.807, 2.05) is 0 Å². The van der Waals surface area contributed by atoms with Gasteiger partial charge in [0.05, 0.1) is 44.8 Å². The lowest BCUT2D eigenvalue weighted by Crippen LogP contribution is -2.31. The molecule has 0 spiro atoms. The number of para-hydroxylation sites is 1. The normalized spacial score (nSPS) is 15.0. The highest BCUT2D eigenvalue weighted by molar-refractivity contribution is 5.94. The lowest BCUT2D eigenvalue weighted by atomic mass is 9.83. The molecule has 0 amide bonds. The smallest absolute Gasteiger partial charge is 0.344 e. The third kappa shape index (κ3) is 3.61. The number of carbonyl (C=O) groups is 1. The molecule has 3 aromatic rings. The molecule has 0 aliphatic carbocycles. The topological polar surface area (TPSA) is 119 Å². The standard InChI is InChI=1S/C24H23NO8/c1-5-31-23(26)19-17(12-10-15(28-2)21(30-4)16(11-12)29-3)18-20(33-22(19)25)13-8-6-7-9-14(13)32-24(18)27/h6-11,17H,5,25H2,1-4H3. The number of rotatable bonds is 6. The van der Waals surface area contributed by atoms with Crippen LogP contribution < -0.4 is 30.3 Å². The van der Waals surface area contributed by atoms with Crippen molar-refractivity contribution in [2.75, 3.05) is 27.9 Å². The van der Waals surface area contributed by atoms with Crippen molar-refractivity contribution >= 4 is 16.9 Å². The van der Waals surface area contributed by atoms with Gasteiger partial charge in [0.15, 0.2) is 17.2 Å². The molecule has 2 aromatic carbocycles. The zero-order valence-electron chi connectivity index (χ0n) is 18.6. The van der Waals surface area contributed by atoms with Gasteiger partial charge in [-0.05, 0) is 36.8 Å². The van der Waals surface area contributed by atoms with Crippen LogP contribution in [0.3, 0.4) is 0 Å². The number of hydrogen-bond acceptors (Lipinski definition) is 9. The number of benzene rings is 2. The van der Waals surface area contributed by atoms with Crippen molar-refractivity contribution in [3.63, 3.8) is 0 Å². The summed E-state index contributed by atoms with van der Waals surface area (Å²) in [7, 11) is 4.42. The second-order valence-electron chi connectivity index (χ2n) is 7.12. The molecule has 9 nitrogen and oxygen atoms in total. The summed E-state index contributed by atoms with van der Waals surface area (Å²) in [6.07, 6.45) is 0. The molecule has 0 saturated heterocycles. The lowest BCUT2D eigenvalue weighted by molar-refractivity contribution is -0.139. The maximum Gasteiger partial charge on any atom is 0.344 e. The van der Waals surface area contributed by atoms with E-state index < -0.39 is 17.5 Å². The van der Waals surface area contributed by atoms with E-state index in [-0.39, 0.29) is 29.4 Å². The highest BCUT2D eigenvalue weighted by Crippen LogP contribution is 2.48. The number of ether oxygens (including phenoxy) is 5. The Kier molecular flexibility index (Phi) is 5.87. The fraction of sp³-hybridized carbons (Fsp3) is 0.250. The van der Waals surface area contributed by atoms with E-state index in [1.54, 1.807) is 43.3 Å². The summed E-state index contributed by atoms with van der Waals surface area (Å²) < 4.78 is 32.9. The van der Waals surface area contributed by atoms with E-state index >= 15 is 0 Å². The monoisotopic (exact) mass is 453 g/mol. The zero-order chi connectivity index (χ0) is 23.7. The first-order valence-corrected chi connectivity index (χ1v) is 10.1. The summed E-state index contributed by atoms with van der Waals surface area (Å²) in [5.41, 5.74) is 6.45. The highest BCUT2D eigenvalue weighted by Gasteiger charge is 2.40. The lowest BCUT2D eigenvalue weighted by Gasteiger charge is -2.28. The molecule has 2 N–H and O–H groups in total. The molecule has 1 unspecified atom stereocenters. The Morgan fingerprint density at radius 1 is 1.06 bits per heavy atom. The summed E-state index contributed by atoms with van der Waals surface area (Å²) in [4.78, 5) is 26.1. The van der Waals surface area contributed by atoms with E-state index in [0.29, 0.717) is 33.8 Å². The molecule has 0 fully saturated rings. The summed E-state index contributed by atoms with van der Waals surface area (Å²) in [5, 5.41) is 0.537. The summed E-state index contributed by atoms with van der Waals surface area (Å²) in [5.74, 6) is -0.606. The Hall–Kier alpha value is -4.14. The van der Waals surface area contributed by atoms with E-state index in [9.17, 15) is 9.59 Å². The first-order valence-electron chi connectivity index (χ1n) is 10.1. The van der Waals surface area contributed by atoms with Crippen molar-refractivity contribution in [3.05, 3.63) is 69.4 Å². The van der Waals surface area contributed by atoms with E-state index in [1.165, 1.54) is 21.3 Å². The molecular formula is C24H23NO8. The number of carbonyl (C=O) groups excluding carboxylic acids is 1. The van der Waals surface area contributed by atoms with Gasteiger partial charge in [-0.2, -0.15) is 0 Å². The highest BCUT2D eigenvalue weighted by atomic mass is 16.5. The Balaban J connectivity index is 2.07. The minimum absolute atomic E-state index is 0.0267. The molecule has 0 saturated carbocycles. The Bertz CT molecular complexity index is 1300. The predicted molar refractivity (Wildman–Crippen MR) is 119 cm³/mol. The van der Waals surface area contributed by atoms with Crippen LogP contribution in [0.5, 0.6) is 23.0 Å². The van der Waals surface area contributed by atoms with Crippen LogP contribution in [0.2, 0.25) is 0 Å². The van der Waals surface area contributed by atoms with Crippen molar-refractivity contribution in [3.8, 4) is 23.0 Å². The van der Waals surface area contributed by atoms with Crippen LogP contribution >= 0.6 is 0 Å². The number of esters is 1. The fourth-order valence-electron chi connectivity index (χ4n) is 3.97. The van der Waals surface area contributed by atoms with Gasteiger partial charge in [-0.25, -0.2) is 9.59 Å². The fourth-order valence-corrected chi connectivity index (χ4v) is 3.97. The minimum Gasteiger partial charge on any atom is -0.493 e. The molecule has 1 aliphatic rings. The molecule has 1 atom stereocenters. The maximum absolute atomic E-state index is 13.2. The van der Waals surface area contributed by atoms with E-state index in [0.717, 1.165) is 0 Å². The van der Waals surface area contributed by atoms with Crippen molar-refractivity contribution in [1.29, 1.82) is 0 Å². The molecule has 1 aromatic heterocycles. The van der Waals surface area contributed by atoms with Crippen molar-refractivity contribution in [2.45, 2.75) is 12.8 Å². The van der Waals surface area contributed by atoms with Gasteiger partial charge in [-0.1, -0.05) is 12.1 Å². The average molecular weight is 453 g/mol. The molecular weight excluding hydrogens is 430 g/mol. The number of nitrogens with two attached hydrogens (primary N) is 1. The summed E-state index contributed by atoms with van der Waals surface area (Å²) in [6, 6.07) is 10.2. The number of hydrogen-bond donors (Lipinski definition) is 1. The third-order valence-electron chi connectivity index (χ3n) is 5.37. The van der Waals surface area contributed by atoms with Gasteiger partial charge >= 0.3 is 11.6 Å². The van der Waals surface area contributed by atoms with Gasteiger partial charge < -0.3 is 33.8 Å². The van der Waals surface area contributed by atoms with Crippen LogP contribution in [0.1, 0.15) is 24.0 Å². The largest absolute Gasteiger partial charge is 0.493 e. The third-order valence-corrected chi connectivity index (χ3v) is 5.37. The first kappa shape index (κ1) is 22.1. The quantitative estimate of drug-likeness (QED) is 0.443. The van der Waals surface area contributed by atoms with Gasteiger partial charge in [0.2, 0.25) is 11.6 Å². The molecule has 172 valence electrons. The Morgan fingerprint density at radius 3 is 2.33 bits per heavy atom. The van der Waals surface area contributed by atoms with Crippen LogP contribution in [-0.4, -0.2) is 33.9 Å². The van der Waals surface area contributed by atoms with Gasteiger partial charge in [0.1, 0.15) is 11.2 Å². The molecule has 1 aliphatic heterocycles. The van der Waals surface area contributed by atoms with Gasteiger partial charge in [-0.15, -0.1) is 0 Å². The maximum atomic E-state index is 13.2. The summed E-state index contributed by atoms with van der Waals surface area (Å²) in [6.45, 7) is 1.78. The molecule has 4 rings (SSSR count). The second-order valence-corrected chi connectivity index (χ2v) is 7.12. The van der Waals surface area contributed by atoms with E-state index in [2.05, 4.69) is 0 Å². The van der Waals surface area contributed by atoms with Gasteiger partial charge in [0.25, 0.3) is 0 Å². The van der Waals surface area contributed by atoms with Gasteiger partial charge in [0, 0.05) is 0 Å². The van der Waals surface area contributed by atoms with Gasteiger partial charge in [-0.3, -0.25) is 0 Å². The first-order chi connectivity index (χ1) is 15.9. The number of methoxy groups -OCH3 is 3. The van der Waals surface area contributed by atoms with E-state index in [4.69, 9.17) is 33.8 Å². The Morgan fingerprint density at radius 2 is 1.73 bits per heavy atom. The van der Waals surface area contributed by atoms with Crippen molar-refractivity contribution in [2.24, 2.45) is 5.73 Å². The molecule has 0 bridgehead atoms. The zero-order valence-corrected chi connectivity index (χ0v) is 18.6. The van der Waals surface area contributed by atoms with Crippen LogP contribution in [-0.2, 0) is 9.53 Å². The molecule has 0 radical (unpaired) electrons. The molecule has 9 heteroatoms. The van der Waals surface area contributed by atoms with Crippen LogP contribution in [0.4, 0.5) is 0 Å².